The second-order valence-corrected chi connectivity index (χ2v) is 4.98. The fourth-order valence-corrected chi connectivity index (χ4v) is 1.96. The number of rotatable bonds is 4. The topological polar surface area (TPSA) is 72.4 Å². The summed E-state index contributed by atoms with van der Waals surface area (Å²) >= 11 is 0. The normalized spacial score (nSPS) is 10.8. The van der Waals surface area contributed by atoms with Crippen molar-refractivity contribution in [2.45, 2.75) is 33.4 Å². The molecule has 2 N–H and O–H groups in total. The SMILES string of the molecule is Cc1ccc(CN(C(=O)c2ncccc2N)C(C)C)o1. The van der Waals surface area contributed by atoms with E-state index in [0.29, 0.717) is 12.2 Å². The van der Waals surface area contributed by atoms with Crippen LogP contribution < -0.4 is 5.73 Å². The van der Waals surface area contributed by atoms with E-state index in [1.54, 1.807) is 23.2 Å². The smallest absolute Gasteiger partial charge is 0.275 e. The van der Waals surface area contributed by atoms with Crippen molar-refractivity contribution in [2.75, 3.05) is 5.73 Å². The summed E-state index contributed by atoms with van der Waals surface area (Å²) in [5, 5.41) is 0. The molecule has 2 aromatic heterocycles. The molecule has 0 fully saturated rings. The molecule has 0 saturated carbocycles. The van der Waals surface area contributed by atoms with Crippen LogP contribution in [0, 0.1) is 6.92 Å². The maximum absolute atomic E-state index is 12.6. The number of carbonyl (C=O) groups excluding carboxylic acids is 1. The van der Waals surface area contributed by atoms with Gasteiger partial charge in [-0.1, -0.05) is 0 Å². The molecular formula is C15H19N3O2. The fraction of sp³-hybridized carbons (Fsp3) is 0.333. The number of aromatic nitrogens is 1. The molecule has 1 amide bonds. The van der Waals surface area contributed by atoms with Crippen LogP contribution in [-0.4, -0.2) is 21.8 Å². The van der Waals surface area contributed by atoms with Crippen LogP contribution in [0.3, 0.4) is 0 Å². The molecule has 5 nitrogen and oxygen atoms in total. The lowest BCUT2D eigenvalue weighted by molar-refractivity contribution is 0.0670. The summed E-state index contributed by atoms with van der Waals surface area (Å²) in [7, 11) is 0. The van der Waals surface area contributed by atoms with Crippen molar-refractivity contribution in [2.24, 2.45) is 0 Å². The first-order chi connectivity index (χ1) is 9.49. The Morgan fingerprint density at radius 1 is 1.40 bits per heavy atom. The summed E-state index contributed by atoms with van der Waals surface area (Å²) in [4.78, 5) is 18.3. The molecule has 0 aliphatic heterocycles. The van der Waals surface area contributed by atoms with Crippen LogP contribution in [0.25, 0.3) is 0 Å². The second-order valence-electron chi connectivity index (χ2n) is 4.98. The van der Waals surface area contributed by atoms with E-state index in [-0.39, 0.29) is 17.6 Å². The standard InChI is InChI=1S/C15H19N3O2/c1-10(2)18(9-12-7-6-11(3)20-12)15(19)14-13(16)5-4-8-17-14/h4-8,10H,9,16H2,1-3H3. The Bertz CT molecular complexity index is 605. The molecule has 0 aliphatic carbocycles. The average molecular weight is 273 g/mol. The number of anilines is 1. The van der Waals surface area contributed by atoms with Gasteiger partial charge in [0.1, 0.15) is 11.5 Å². The van der Waals surface area contributed by atoms with E-state index < -0.39 is 0 Å². The fourth-order valence-electron chi connectivity index (χ4n) is 1.96. The van der Waals surface area contributed by atoms with E-state index in [9.17, 15) is 4.79 Å². The predicted molar refractivity (Wildman–Crippen MR) is 77.1 cm³/mol. The highest BCUT2D eigenvalue weighted by atomic mass is 16.3. The summed E-state index contributed by atoms with van der Waals surface area (Å²) in [6.07, 6.45) is 1.57. The molecule has 0 saturated heterocycles. The van der Waals surface area contributed by atoms with E-state index >= 15 is 0 Å². The van der Waals surface area contributed by atoms with Gasteiger partial charge in [-0.3, -0.25) is 4.79 Å². The lowest BCUT2D eigenvalue weighted by Crippen LogP contribution is -2.37. The molecule has 106 valence electrons. The quantitative estimate of drug-likeness (QED) is 0.929. The molecule has 0 aromatic carbocycles. The molecular weight excluding hydrogens is 254 g/mol. The second kappa shape index (κ2) is 5.77. The van der Waals surface area contributed by atoms with Crippen molar-refractivity contribution in [1.29, 1.82) is 0 Å². The van der Waals surface area contributed by atoms with Crippen LogP contribution in [0.4, 0.5) is 5.69 Å². The zero-order valence-corrected chi connectivity index (χ0v) is 12.0. The Morgan fingerprint density at radius 2 is 2.15 bits per heavy atom. The number of pyridine rings is 1. The molecule has 20 heavy (non-hydrogen) atoms. The minimum atomic E-state index is -0.188. The zero-order chi connectivity index (χ0) is 14.7. The van der Waals surface area contributed by atoms with Crippen LogP contribution in [0.2, 0.25) is 0 Å². The molecule has 0 aliphatic rings. The van der Waals surface area contributed by atoms with Crippen molar-refractivity contribution in [3.63, 3.8) is 0 Å². The van der Waals surface area contributed by atoms with Crippen molar-refractivity contribution in [3.05, 3.63) is 47.7 Å². The number of carbonyl (C=O) groups is 1. The number of nitrogens with two attached hydrogens (primary N) is 1. The summed E-state index contributed by atoms with van der Waals surface area (Å²) in [6.45, 7) is 6.18. The largest absolute Gasteiger partial charge is 0.464 e. The number of nitrogens with zero attached hydrogens (tertiary/aromatic N) is 2. The van der Waals surface area contributed by atoms with Crippen molar-refractivity contribution in [3.8, 4) is 0 Å². The van der Waals surface area contributed by atoms with Gasteiger partial charge < -0.3 is 15.1 Å². The maximum atomic E-state index is 12.6. The van der Waals surface area contributed by atoms with Gasteiger partial charge in [0.2, 0.25) is 0 Å². The Balaban J connectivity index is 2.25. The highest BCUT2D eigenvalue weighted by molar-refractivity contribution is 5.97. The Kier molecular flexibility index (Phi) is 4.08. The van der Waals surface area contributed by atoms with Crippen LogP contribution in [0.5, 0.6) is 0 Å². The number of hydrogen-bond acceptors (Lipinski definition) is 4. The molecule has 5 heteroatoms. The van der Waals surface area contributed by atoms with Gasteiger partial charge in [0.25, 0.3) is 5.91 Å². The van der Waals surface area contributed by atoms with Crippen LogP contribution in [0.15, 0.2) is 34.9 Å². The van der Waals surface area contributed by atoms with Gasteiger partial charge in [-0.05, 0) is 45.0 Å². The lowest BCUT2D eigenvalue weighted by atomic mass is 10.2. The van der Waals surface area contributed by atoms with E-state index in [2.05, 4.69) is 4.98 Å². The van der Waals surface area contributed by atoms with Crippen LogP contribution in [0.1, 0.15) is 35.9 Å². The van der Waals surface area contributed by atoms with Gasteiger partial charge in [-0.15, -0.1) is 0 Å². The molecule has 0 spiro atoms. The van der Waals surface area contributed by atoms with Crippen molar-refractivity contribution >= 4 is 11.6 Å². The van der Waals surface area contributed by atoms with Gasteiger partial charge in [0, 0.05) is 12.2 Å². The molecule has 0 bridgehead atoms. The minimum absolute atomic E-state index is 0.0225. The van der Waals surface area contributed by atoms with Gasteiger partial charge in [-0.2, -0.15) is 0 Å². The van der Waals surface area contributed by atoms with Gasteiger partial charge in [-0.25, -0.2) is 4.98 Å². The van der Waals surface area contributed by atoms with E-state index in [0.717, 1.165) is 11.5 Å². The first-order valence-corrected chi connectivity index (χ1v) is 6.56. The Morgan fingerprint density at radius 3 is 2.70 bits per heavy atom. The third-order valence-corrected chi connectivity index (χ3v) is 3.05. The lowest BCUT2D eigenvalue weighted by Gasteiger charge is -2.25. The van der Waals surface area contributed by atoms with E-state index in [1.807, 2.05) is 32.9 Å². The number of amides is 1. The Hall–Kier alpha value is -2.30. The monoisotopic (exact) mass is 273 g/mol. The van der Waals surface area contributed by atoms with Gasteiger partial charge in [0.15, 0.2) is 5.69 Å². The van der Waals surface area contributed by atoms with E-state index in [4.69, 9.17) is 10.2 Å². The summed E-state index contributed by atoms with van der Waals surface area (Å²) in [6, 6.07) is 7.17. The highest BCUT2D eigenvalue weighted by Gasteiger charge is 2.23. The molecule has 0 atom stereocenters. The maximum Gasteiger partial charge on any atom is 0.275 e. The third kappa shape index (κ3) is 2.99. The summed E-state index contributed by atoms with van der Waals surface area (Å²) in [5.74, 6) is 1.39. The molecule has 2 heterocycles. The number of furan rings is 1. The minimum Gasteiger partial charge on any atom is -0.464 e. The predicted octanol–water partition coefficient (Wildman–Crippen LogP) is 2.62. The van der Waals surface area contributed by atoms with Crippen molar-refractivity contribution < 1.29 is 9.21 Å². The first-order valence-electron chi connectivity index (χ1n) is 6.56. The van der Waals surface area contributed by atoms with Crippen LogP contribution >= 0.6 is 0 Å². The van der Waals surface area contributed by atoms with E-state index in [1.165, 1.54) is 0 Å². The van der Waals surface area contributed by atoms with Gasteiger partial charge in [0.05, 0.1) is 12.2 Å². The number of aryl methyl sites for hydroxylation is 1. The highest BCUT2D eigenvalue weighted by Crippen LogP contribution is 2.17. The Labute approximate surface area is 118 Å². The molecule has 0 radical (unpaired) electrons. The van der Waals surface area contributed by atoms with Crippen molar-refractivity contribution in [1.82, 2.24) is 9.88 Å². The molecule has 2 rings (SSSR count). The summed E-state index contributed by atoms with van der Waals surface area (Å²) in [5.41, 5.74) is 6.49. The first kappa shape index (κ1) is 14.1. The zero-order valence-electron chi connectivity index (χ0n) is 12.0. The molecule has 2 aromatic rings. The number of nitrogen functional groups attached to an aromatic ring is 1. The molecule has 0 unspecified atom stereocenters. The summed E-state index contributed by atoms with van der Waals surface area (Å²) < 4.78 is 5.53. The number of hydrogen-bond donors (Lipinski definition) is 1. The van der Waals surface area contributed by atoms with Gasteiger partial charge >= 0.3 is 0 Å². The average Bonchev–Trinajstić information content (AvgIpc) is 2.81. The third-order valence-electron chi connectivity index (χ3n) is 3.05. The van der Waals surface area contributed by atoms with Crippen LogP contribution in [-0.2, 0) is 6.54 Å².